The Morgan fingerprint density at radius 2 is 2.05 bits per heavy atom. The zero-order chi connectivity index (χ0) is 14.1. The molecular weight excluding hydrogens is 246 g/mol. The molecule has 0 aliphatic heterocycles. The van der Waals surface area contributed by atoms with Gasteiger partial charge in [-0.15, -0.1) is 0 Å². The van der Waals surface area contributed by atoms with Gasteiger partial charge in [-0.3, -0.25) is 9.59 Å². The molecule has 0 bridgehead atoms. The number of primary amides is 1. The van der Waals surface area contributed by atoms with Crippen molar-refractivity contribution in [3.8, 4) is 0 Å². The van der Waals surface area contributed by atoms with Crippen LogP contribution in [0.5, 0.6) is 0 Å². The zero-order valence-electron chi connectivity index (χ0n) is 10.6. The van der Waals surface area contributed by atoms with Crippen LogP contribution in [0, 0.1) is 6.42 Å². The molecule has 0 spiro atoms. The van der Waals surface area contributed by atoms with E-state index in [1.54, 1.807) is 24.3 Å². The molecule has 0 saturated heterocycles. The van der Waals surface area contributed by atoms with Crippen LogP contribution in [0.25, 0.3) is 0 Å². The van der Waals surface area contributed by atoms with Gasteiger partial charge in [-0.05, 0) is 11.6 Å². The highest BCUT2D eigenvalue weighted by atomic mass is 16.5. The molecule has 0 atom stereocenters. The summed E-state index contributed by atoms with van der Waals surface area (Å²) < 4.78 is 5.31. The Hall–Kier alpha value is -1.92. The molecule has 6 nitrogen and oxygen atoms in total. The largest absolute Gasteiger partial charge is 0.376 e. The summed E-state index contributed by atoms with van der Waals surface area (Å²) >= 11 is 0. The highest BCUT2D eigenvalue weighted by Gasteiger charge is 2.07. The number of hydrogen-bond donors (Lipinski definition) is 3. The normalized spacial score (nSPS) is 10.2. The Morgan fingerprint density at radius 1 is 1.32 bits per heavy atom. The van der Waals surface area contributed by atoms with Crippen molar-refractivity contribution in [2.45, 2.75) is 6.61 Å². The van der Waals surface area contributed by atoms with E-state index in [-0.39, 0.29) is 19.1 Å². The van der Waals surface area contributed by atoms with E-state index in [0.29, 0.717) is 24.2 Å². The van der Waals surface area contributed by atoms with Gasteiger partial charge in [0.05, 0.1) is 19.6 Å². The average Bonchev–Trinajstić information content (AvgIpc) is 2.41. The molecule has 0 unspecified atom stereocenters. The number of hydrogen-bond acceptors (Lipinski definition) is 4. The molecule has 1 rings (SSSR count). The van der Waals surface area contributed by atoms with Crippen LogP contribution in [0.15, 0.2) is 24.3 Å². The van der Waals surface area contributed by atoms with Gasteiger partial charge < -0.3 is 21.5 Å². The molecule has 1 aromatic rings. The summed E-state index contributed by atoms with van der Waals surface area (Å²) in [7, 11) is 0. The van der Waals surface area contributed by atoms with E-state index < -0.39 is 5.91 Å². The Morgan fingerprint density at radius 3 is 2.74 bits per heavy atom. The second kappa shape index (κ2) is 8.23. The number of carbonyl (C=O) groups is 2. The molecule has 6 heteroatoms. The number of amides is 2. The molecule has 5 N–H and O–H groups in total. The van der Waals surface area contributed by atoms with Gasteiger partial charge in [-0.1, -0.05) is 18.2 Å². The van der Waals surface area contributed by atoms with E-state index in [0.717, 1.165) is 0 Å². The predicted octanol–water partition coefficient (Wildman–Crippen LogP) is -0.419. The molecule has 0 aliphatic rings. The lowest BCUT2D eigenvalue weighted by atomic mass is 10.1. The minimum Gasteiger partial charge on any atom is -0.376 e. The number of benzene rings is 1. The third-order valence-corrected chi connectivity index (χ3v) is 2.37. The second-order valence-corrected chi connectivity index (χ2v) is 3.82. The summed E-state index contributed by atoms with van der Waals surface area (Å²) in [4.78, 5) is 22.4. The quantitative estimate of drug-likeness (QED) is 0.554. The molecular formula is C13H18N3O3. The number of ether oxygens (including phenoxy) is 1. The van der Waals surface area contributed by atoms with Crippen LogP contribution >= 0.6 is 0 Å². The van der Waals surface area contributed by atoms with Gasteiger partial charge in [0, 0.05) is 18.7 Å². The van der Waals surface area contributed by atoms with E-state index in [4.69, 9.17) is 16.2 Å². The molecule has 0 heterocycles. The maximum absolute atomic E-state index is 11.2. The molecule has 2 amide bonds. The van der Waals surface area contributed by atoms with Crippen LogP contribution in [0.3, 0.4) is 0 Å². The Bertz CT molecular complexity index is 435. The Kier molecular flexibility index (Phi) is 6.56. The number of nitrogens with one attached hydrogen (secondary N) is 1. The second-order valence-electron chi connectivity index (χ2n) is 3.82. The first-order chi connectivity index (χ1) is 9.15. The zero-order valence-corrected chi connectivity index (χ0v) is 10.6. The summed E-state index contributed by atoms with van der Waals surface area (Å²) in [5, 5.41) is 2.59. The lowest BCUT2D eigenvalue weighted by molar-refractivity contribution is -0.118. The van der Waals surface area contributed by atoms with Gasteiger partial charge in [0.15, 0.2) is 0 Å². The molecule has 103 valence electrons. The van der Waals surface area contributed by atoms with Crippen LogP contribution in [0.2, 0.25) is 0 Å². The monoisotopic (exact) mass is 264 g/mol. The van der Waals surface area contributed by atoms with E-state index in [9.17, 15) is 9.59 Å². The van der Waals surface area contributed by atoms with Crippen molar-refractivity contribution < 1.29 is 14.3 Å². The maximum Gasteiger partial charge on any atom is 0.249 e. The van der Waals surface area contributed by atoms with E-state index >= 15 is 0 Å². The van der Waals surface area contributed by atoms with Crippen LogP contribution in [0.4, 0.5) is 0 Å². The Balaban J connectivity index is 2.33. The minimum absolute atomic E-state index is 0.156. The van der Waals surface area contributed by atoms with E-state index in [1.165, 1.54) is 6.42 Å². The van der Waals surface area contributed by atoms with Crippen LogP contribution in [-0.2, 0) is 16.1 Å². The van der Waals surface area contributed by atoms with E-state index in [1.807, 2.05) is 0 Å². The summed E-state index contributed by atoms with van der Waals surface area (Å²) in [6, 6.07) is 6.92. The first-order valence-corrected chi connectivity index (χ1v) is 5.91. The predicted molar refractivity (Wildman–Crippen MR) is 71.0 cm³/mol. The van der Waals surface area contributed by atoms with Crippen molar-refractivity contribution in [1.29, 1.82) is 0 Å². The molecule has 19 heavy (non-hydrogen) atoms. The first-order valence-electron chi connectivity index (χ1n) is 5.91. The molecule has 1 aromatic carbocycles. The summed E-state index contributed by atoms with van der Waals surface area (Å²) in [5.74, 6) is -0.725. The van der Waals surface area contributed by atoms with Gasteiger partial charge in [0.25, 0.3) is 0 Å². The smallest absolute Gasteiger partial charge is 0.249 e. The third kappa shape index (κ3) is 5.50. The highest BCUT2D eigenvalue weighted by molar-refractivity contribution is 5.94. The fourth-order valence-corrected chi connectivity index (χ4v) is 1.46. The number of nitrogens with two attached hydrogens (primary N) is 2. The van der Waals surface area contributed by atoms with Crippen LogP contribution < -0.4 is 16.8 Å². The molecule has 0 aromatic heterocycles. The van der Waals surface area contributed by atoms with Gasteiger partial charge in [0.2, 0.25) is 11.8 Å². The fraction of sp³-hybridized carbons (Fsp3) is 0.308. The maximum atomic E-state index is 11.2. The van der Waals surface area contributed by atoms with Crippen molar-refractivity contribution in [2.75, 3.05) is 19.7 Å². The third-order valence-electron chi connectivity index (χ3n) is 2.37. The molecule has 0 fully saturated rings. The van der Waals surface area contributed by atoms with Crippen molar-refractivity contribution in [3.63, 3.8) is 0 Å². The Labute approximate surface area is 112 Å². The average molecular weight is 264 g/mol. The van der Waals surface area contributed by atoms with Gasteiger partial charge >= 0.3 is 0 Å². The van der Waals surface area contributed by atoms with Crippen molar-refractivity contribution >= 4 is 11.8 Å². The minimum atomic E-state index is -0.496. The lowest BCUT2D eigenvalue weighted by Crippen LogP contribution is -2.30. The molecule has 0 saturated carbocycles. The van der Waals surface area contributed by atoms with Gasteiger partial charge in [0.1, 0.15) is 0 Å². The van der Waals surface area contributed by atoms with Gasteiger partial charge in [-0.25, -0.2) is 0 Å². The number of rotatable bonds is 8. The van der Waals surface area contributed by atoms with Crippen molar-refractivity contribution in [1.82, 2.24) is 5.32 Å². The van der Waals surface area contributed by atoms with Crippen LogP contribution in [-0.4, -0.2) is 31.5 Å². The fourth-order valence-electron chi connectivity index (χ4n) is 1.46. The SMILES string of the molecule is NCCNC(=O)[CH]COCc1ccccc1C(N)=O. The van der Waals surface area contributed by atoms with E-state index in [2.05, 4.69) is 5.32 Å². The van der Waals surface area contributed by atoms with Crippen LogP contribution in [0.1, 0.15) is 15.9 Å². The number of carbonyl (C=O) groups excluding carboxylic acids is 2. The summed E-state index contributed by atoms with van der Waals surface area (Å²) in [6.07, 6.45) is 1.38. The summed E-state index contributed by atoms with van der Waals surface area (Å²) in [6.45, 7) is 1.20. The molecule has 1 radical (unpaired) electrons. The summed E-state index contributed by atoms with van der Waals surface area (Å²) in [5.41, 5.74) is 11.6. The van der Waals surface area contributed by atoms with Crippen molar-refractivity contribution in [3.05, 3.63) is 41.8 Å². The highest BCUT2D eigenvalue weighted by Crippen LogP contribution is 2.09. The molecule has 0 aliphatic carbocycles. The first kappa shape index (κ1) is 15.1. The standard InChI is InChI=1S/C13H18N3O3/c14-6-7-16-12(17)5-8-19-9-10-3-1-2-4-11(10)13(15)18/h1-5H,6-9,14H2,(H2,15,18)(H,16,17). The van der Waals surface area contributed by atoms with Crippen molar-refractivity contribution in [2.24, 2.45) is 11.5 Å². The lowest BCUT2D eigenvalue weighted by Gasteiger charge is -2.07. The van der Waals surface area contributed by atoms with Gasteiger partial charge in [-0.2, -0.15) is 0 Å². The topological polar surface area (TPSA) is 107 Å².